The minimum atomic E-state index is -0.600. The summed E-state index contributed by atoms with van der Waals surface area (Å²) >= 11 is 0. The van der Waals surface area contributed by atoms with Crippen molar-refractivity contribution < 1.29 is 19.6 Å². The predicted molar refractivity (Wildman–Crippen MR) is 113 cm³/mol. The average molecular weight is 411 g/mol. The molecule has 158 valence electrons. The fraction of sp³-hybridized carbons (Fsp3) is 0.364. The third-order valence-corrected chi connectivity index (χ3v) is 5.23. The number of phenols is 1. The molecule has 1 aliphatic carbocycles. The van der Waals surface area contributed by atoms with Crippen molar-refractivity contribution in [3.63, 3.8) is 0 Å². The number of nitrogens with zero attached hydrogens (tertiary/aromatic N) is 2. The summed E-state index contributed by atoms with van der Waals surface area (Å²) in [5.74, 6) is -0.577. The molecule has 0 aromatic heterocycles. The zero-order valence-corrected chi connectivity index (χ0v) is 17.4. The summed E-state index contributed by atoms with van der Waals surface area (Å²) < 4.78 is 4.94. The highest BCUT2D eigenvalue weighted by atomic mass is 16.6. The fourth-order valence-electron chi connectivity index (χ4n) is 3.31. The number of aromatic hydroxyl groups is 1. The first-order chi connectivity index (χ1) is 14.1. The number of non-ortho nitro benzene ring substituents is 1. The maximum Gasteiger partial charge on any atom is 0.274 e. The second-order valence-electron chi connectivity index (χ2n) is 8.40. The summed E-state index contributed by atoms with van der Waals surface area (Å²) in [5.41, 5.74) is 4.71. The Kier molecular flexibility index (Phi) is 5.78. The lowest BCUT2D eigenvalue weighted by atomic mass is 9.86. The van der Waals surface area contributed by atoms with E-state index in [1.165, 1.54) is 12.7 Å². The quantitative estimate of drug-likeness (QED) is 0.426. The number of amides is 1. The number of hydrogen-bond donors (Lipinski definition) is 2. The number of hydrazone groups is 1. The molecule has 30 heavy (non-hydrogen) atoms. The molecular weight excluding hydrogens is 386 g/mol. The second-order valence-corrected chi connectivity index (χ2v) is 8.40. The molecule has 1 amide bonds. The van der Waals surface area contributed by atoms with Gasteiger partial charge in [-0.2, -0.15) is 5.10 Å². The van der Waals surface area contributed by atoms with E-state index in [9.17, 15) is 20.0 Å². The average Bonchev–Trinajstić information content (AvgIpc) is 3.49. The van der Waals surface area contributed by atoms with Gasteiger partial charge in [0.2, 0.25) is 5.91 Å². The number of phenolic OH excluding ortho intramolecular Hbond substituents is 1. The molecule has 0 heterocycles. The Hall–Kier alpha value is -3.42. The zero-order valence-electron chi connectivity index (χ0n) is 17.4. The Bertz CT molecular complexity index is 993. The van der Waals surface area contributed by atoms with Crippen LogP contribution in [-0.2, 0) is 10.2 Å². The van der Waals surface area contributed by atoms with Crippen LogP contribution in [0.5, 0.6) is 11.5 Å². The van der Waals surface area contributed by atoms with Crippen LogP contribution in [0.4, 0.5) is 5.69 Å². The minimum Gasteiger partial charge on any atom is -0.504 e. The minimum absolute atomic E-state index is 0.0436. The second kappa shape index (κ2) is 8.14. The number of rotatable bonds is 6. The third-order valence-electron chi connectivity index (χ3n) is 5.23. The largest absolute Gasteiger partial charge is 0.504 e. The molecule has 8 heteroatoms. The summed E-state index contributed by atoms with van der Waals surface area (Å²) in [6.07, 6.45) is 1.91. The molecule has 2 aromatic rings. The predicted octanol–water partition coefficient (Wildman–Crippen LogP) is 3.86. The lowest BCUT2D eigenvalue weighted by Gasteiger charge is -2.19. The molecule has 1 fully saturated rings. The van der Waals surface area contributed by atoms with Gasteiger partial charge in [-0.1, -0.05) is 45.0 Å². The first-order valence-corrected chi connectivity index (χ1v) is 9.60. The Labute approximate surface area is 174 Å². The molecule has 8 nitrogen and oxygen atoms in total. The van der Waals surface area contributed by atoms with Gasteiger partial charge in [-0.3, -0.25) is 14.9 Å². The van der Waals surface area contributed by atoms with Gasteiger partial charge < -0.3 is 9.84 Å². The van der Waals surface area contributed by atoms with Crippen molar-refractivity contribution >= 4 is 17.8 Å². The topological polar surface area (TPSA) is 114 Å². The molecular formula is C22H25N3O5. The van der Waals surface area contributed by atoms with Crippen LogP contribution in [0.3, 0.4) is 0 Å². The van der Waals surface area contributed by atoms with Crippen LogP contribution in [0.2, 0.25) is 0 Å². The lowest BCUT2D eigenvalue weighted by Crippen LogP contribution is -2.20. The molecule has 2 N–H and O–H groups in total. The maximum absolute atomic E-state index is 12.4. The molecule has 0 radical (unpaired) electrons. The van der Waals surface area contributed by atoms with Gasteiger partial charge in [0.1, 0.15) is 0 Å². The van der Waals surface area contributed by atoms with E-state index in [1.807, 2.05) is 0 Å². The van der Waals surface area contributed by atoms with Gasteiger partial charge in [0.25, 0.3) is 5.69 Å². The van der Waals surface area contributed by atoms with Crippen molar-refractivity contribution in [1.82, 2.24) is 5.43 Å². The maximum atomic E-state index is 12.4. The van der Waals surface area contributed by atoms with Crippen LogP contribution < -0.4 is 10.2 Å². The standard InChI is InChI=1S/C22H25N3O5/c1-22(2,3)15-7-5-13(6-8-15)17-11-18(17)21(27)24-23-12-14-9-16(25(28)29)10-19(30-4)20(14)26/h5-10,12,17-18,26H,11H2,1-4H3,(H,24,27)/b23-12+/t17-,18-/m1/s1. The Morgan fingerprint density at radius 3 is 2.53 bits per heavy atom. The van der Waals surface area contributed by atoms with Gasteiger partial charge in [0, 0.05) is 17.5 Å². The lowest BCUT2D eigenvalue weighted by molar-refractivity contribution is -0.385. The summed E-state index contributed by atoms with van der Waals surface area (Å²) in [7, 11) is 1.29. The van der Waals surface area contributed by atoms with E-state index in [0.717, 1.165) is 30.3 Å². The zero-order chi connectivity index (χ0) is 22.1. The number of carbonyl (C=O) groups is 1. The van der Waals surface area contributed by atoms with Crippen LogP contribution in [0.25, 0.3) is 0 Å². The van der Waals surface area contributed by atoms with Gasteiger partial charge in [0.05, 0.1) is 24.3 Å². The van der Waals surface area contributed by atoms with Crippen LogP contribution in [0, 0.1) is 16.0 Å². The van der Waals surface area contributed by atoms with Crippen LogP contribution >= 0.6 is 0 Å². The van der Waals surface area contributed by atoms with Gasteiger partial charge in [-0.05, 0) is 28.9 Å². The number of hydrogen-bond acceptors (Lipinski definition) is 6. The summed E-state index contributed by atoms with van der Waals surface area (Å²) in [5, 5.41) is 25.0. The van der Waals surface area contributed by atoms with Crippen molar-refractivity contribution in [3.8, 4) is 11.5 Å². The molecule has 0 bridgehead atoms. The normalized spacial score (nSPS) is 18.3. The molecule has 1 saturated carbocycles. The number of benzene rings is 2. The summed E-state index contributed by atoms with van der Waals surface area (Å²) in [4.78, 5) is 22.8. The molecule has 0 spiro atoms. The summed E-state index contributed by atoms with van der Waals surface area (Å²) in [6.45, 7) is 6.46. The highest BCUT2D eigenvalue weighted by Gasteiger charge is 2.44. The van der Waals surface area contributed by atoms with Gasteiger partial charge in [-0.15, -0.1) is 0 Å². The number of ether oxygens (including phenoxy) is 1. The number of nitrogens with one attached hydrogen (secondary N) is 1. The fourth-order valence-corrected chi connectivity index (χ4v) is 3.31. The van der Waals surface area contributed by atoms with E-state index in [1.54, 1.807) is 0 Å². The molecule has 0 unspecified atom stereocenters. The number of methoxy groups -OCH3 is 1. The van der Waals surface area contributed by atoms with Crippen molar-refractivity contribution in [1.29, 1.82) is 0 Å². The van der Waals surface area contributed by atoms with E-state index in [-0.39, 0.29) is 45.9 Å². The molecule has 1 aliphatic rings. The smallest absolute Gasteiger partial charge is 0.274 e. The highest BCUT2D eigenvalue weighted by molar-refractivity contribution is 5.88. The van der Waals surface area contributed by atoms with Crippen molar-refractivity contribution in [2.24, 2.45) is 11.0 Å². The Morgan fingerprint density at radius 2 is 1.97 bits per heavy atom. The van der Waals surface area contributed by atoms with E-state index in [2.05, 4.69) is 55.6 Å². The monoisotopic (exact) mass is 411 g/mol. The number of nitro benzene ring substituents is 1. The van der Waals surface area contributed by atoms with Gasteiger partial charge in [-0.25, -0.2) is 5.43 Å². The Balaban J connectivity index is 1.64. The SMILES string of the molecule is COc1cc([N+](=O)[O-])cc(/C=N/NC(=O)[C@@H]2C[C@@H]2c2ccc(C(C)(C)C)cc2)c1O. The van der Waals surface area contributed by atoms with Crippen LogP contribution in [0.15, 0.2) is 41.5 Å². The van der Waals surface area contributed by atoms with E-state index in [0.29, 0.717) is 0 Å². The number of carbonyl (C=O) groups excluding carboxylic acids is 1. The summed E-state index contributed by atoms with van der Waals surface area (Å²) in [6, 6.07) is 10.6. The molecule has 3 rings (SSSR count). The van der Waals surface area contributed by atoms with Crippen molar-refractivity contribution in [2.75, 3.05) is 7.11 Å². The number of nitro groups is 1. The molecule has 2 atom stereocenters. The van der Waals surface area contributed by atoms with E-state index >= 15 is 0 Å². The first-order valence-electron chi connectivity index (χ1n) is 9.60. The van der Waals surface area contributed by atoms with Gasteiger partial charge in [0.15, 0.2) is 11.5 Å². The Morgan fingerprint density at radius 1 is 1.30 bits per heavy atom. The molecule has 2 aromatic carbocycles. The van der Waals surface area contributed by atoms with E-state index < -0.39 is 4.92 Å². The van der Waals surface area contributed by atoms with Crippen molar-refractivity contribution in [3.05, 3.63) is 63.2 Å². The van der Waals surface area contributed by atoms with Crippen molar-refractivity contribution in [2.45, 2.75) is 38.5 Å². The van der Waals surface area contributed by atoms with E-state index in [4.69, 9.17) is 4.74 Å². The molecule has 0 saturated heterocycles. The third kappa shape index (κ3) is 4.59. The highest BCUT2D eigenvalue weighted by Crippen LogP contribution is 2.47. The van der Waals surface area contributed by atoms with Crippen LogP contribution in [0.1, 0.15) is 49.8 Å². The molecule has 0 aliphatic heterocycles. The van der Waals surface area contributed by atoms with Gasteiger partial charge >= 0.3 is 0 Å². The first kappa shape index (κ1) is 21.3. The van der Waals surface area contributed by atoms with Crippen LogP contribution in [-0.4, -0.2) is 29.3 Å².